The first-order valence-electron chi connectivity index (χ1n) is 6.12. The Morgan fingerprint density at radius 2 is 1.89 bits per heavy atom. The zero-order valence-corrected chi connectivity index (χ0v) is 11.6. The van der Waals surface area contributed by atoms with Gasteiger partial charge in [0, 0.05) is 18.0 Å². The average molecular weight is 246 g/mol. The maximum absolute atomic E-state index is 14.1. The van der Waals surface area contributed by atoms with Crippen LogP contribution in [-0.2, 0) is 5.41 Å². The highest BCUT2D eigenvalue weighted by Gasteiger charge is 2.20. The molecule has 0 saturated carbocycles. The van der Waals surface area contributed by atoms with Gasteiger partial charge in [0.1, 0.15) is 11.3 Å². The zero-order chi connectivity index (χ0) is 13.5. The van der Waals surface area contributed by atoms with Crippen molar-refractivity contribution in [2.45, 2.75) is 33.1 Å². The van der Waals surface area contributed by atoms with Crippen LogP contribution in [0.2, 0.25) is 0 Å². The van der Waals surface area contributed by atoms with Crippen LogP contribution < -0.4 is 5.32 Å². The minimum absolute atomic E-state index is 0.0269. The summed E-state index contributed by atoms with van der Waals surface area (Å²) in [5, 5.41) is 3.91. The number of nitrogens with one attached hydrogen (secondary N) is 1. The number of hydrogen-bond acceptors (Lipinski definition) is 2. The molecule has 0 aliphatic heterocycles. The van der Waals surface area contributed by atoms with Crippen molar-refractivity contribution in [2.75, 3.05) is 12.4 Å². The van der Waals surface area contributed by atoms with Crippen LogP contribution >= 0.6 is 0 Å². The maximum Gasteiger partial charge on any atom is 0.152 e. The number of aromatic nitrogens is 1. The average Bonchev–Trinajstić information content (AvgIpc) is 2.31. The smallest absolute Gasteiger partial charge is 0.152 e. The Bertz CT molecular complexity index is 597. The lowest BCUT2D eigenvalue weighted by atomic mass is 9.86. The largest absolute Gasteiger partial charge is 0.373 e. The SMILES string of the molecule is CNc1nc2c(F)c(C)ccc2cc1C(C)(C)C. The number of nitrogens with zero attached hydrogens (tertiary/aromatic N) is 1. The standard InChI is InChI=1S/C15H19FN2/c1-9-6-7-10-8-11(15(2,3)4)14(17-5)18-13(10)12(9)16/h6-8H,1-5H3,(H,17,18). The number of aryl methyl sites for hydroxylation is 1. The molecular weight excluding hydrogens is 227 g/mol. The first-order valence-corrected chi connectivity index (χ1v) is 6.12. The van der Waals surface area contributed by atoms with E-state index in [1.165, 1.54) is 0 Å². The highest BCUT2D eigenvalue weighted by molar-refractivity contribution is 5.83. The lowest BCUT2D eigenvalue weighted by Gasteiger charge is -2.22. The van der Waals surface area contributed by atoms with Crippen LogP contribution in [0.15, 0.2) is 18.2 Å². The van der Waals surface area contributed by atoms with Crippen LogP contribution in [0, 0.1) is 12.7 Å². The molecule has 3 heteroatoms. The Hall–Kier alpha value is -1.64. The van der Waals surface area contributed by atoms with Crippen molar-refractivity contribution < 1.29 is 4.39 Å². The summed E-state index contributed by atoms with van der Waals surface area (Å²) in [6.45, 7) is 8.14. The second-order valence-electron chi connectivity index (χ2n) is 5.65. The van der Waals surface area contributed by atoms with E-state index in [2.05, 4.69) is 31.1 Å². The summed E-state index contributed by atoms with van der Waals surface area (Å²) in [5.74, 6) is 0.518. The molecule has 0 amide bonds. The van der Waals surface area contributed by atoms with Gasteiger partial charge in [-0.25, -0.2) is 9.37 Å². The van der Waals surface area contributed by atoms with E-state index in [9.17, 15) is 4.39 Å². The Labute approximate surface area is 107 Å². The highest BCUT2D eigenvalue weighted by atomic mass is 19.1. The lowest BCUT2D eigenvalue weighted by Crippen LogP contribution is -2.15. The predicted octanol–water partition coefficient (Wildman–Crippen LogP) is 4.02. The van der Waals surface area contributed by atoms with Crippen molar-refractivity contribution >= 4 is 16.7 Å². The molecule has 0 saturated heterocycles. The summed E-state index contributed by atoms with van der Waals surface area (Å²) in [4.78, 5) is 4.43. The van der Waals surface area contributed by atoms with Crippen molar-refractivity contribution in [3.8, 4) is 0 Å². The Kier molecular flexibility index (Phi) is 3.01. The van der Waals surface area contributed by atoms with Gasteiger partial charge < -0.3 is 5.32 Å². The van der Waals surface area contributed by atoms with Gasteiger partial charge in [0.05, 0.1) is 0 Å². The molecule has 1 aromatic carbocycles. The number of hydrogen-bond donors (Lipinski definition) is 1. The van der Waals surface area contributed by atoms with Gasteiger partial charge in [-0.2, -0.15) is 0 Å². The van der Waals surface area contributed by atoms with E-state index in [1.54, 1.807) is 13.0 Å². The second kappa shape index (κ2) is 4.23. The minimum Gasteiger partial charge on any atom is -0.373 e. The van der Waals surface area contributed by atoms with Crippen LogP contribution in [0.25, 0.3) is 10.9 Å². The molecule has 0 aliphatic carbocycles. The van der Waals surface area contributed by atoms with E-state index in [0.29, 0.717) is 11.1 Å². The van der Waals surface area contributed by atoms with E-state index >= 15 is 0 Å². The van der Waals surface area contributed by atoms with E-state index in [1.807, 2.05) is 19.2 Å². The molecule has 0 unspecified atom stereocenters. The number of pyridine rings is 1. The van der Waals surface area contributed by atoms with E-state index in [0.717, 1.165) is 16.8 Å². The van der Waals surface area contributed by atoms with Gasteiger partial charge in [-0.1, -0.05) is 32.9 Å². The number of halogens is 1. The van der Waals surface area contributed by atoms with Crippen LogP contribution in [0.3, 0.4) is 0 Å². The van der Waals surface area contributed by atoms with Crippen LogP contribution in [0.4, 0.5) is 10.2 Å². The number of rotatable bonds is 1. The topological polar surface area (TPSA) is 24.9 Å². The predicted molar refractivity (Wildman–Crippen MR) is 74.7 cm³/mol. The Morgan fingerprint density at radius 3 is 2.44 bits per heavy atom. The van der Waals surface area contributed by atoms with Gasteiger partial charge in [-0.15, -0.1) is 0 Å². The van der Waals surface area contributed by atoms with Gasteiger partial charge in [0.15, 0.2) is 5.82 Å². The Morgan fingerprint density at radius 1 is 1.22 bits per heavy atom. The van der Waals surface area contributed by atoms with Crippen molar-refractivity contribution in [2.24, 2.45) is 0 Å². The lowest BCUT2D eigenvalue weighted by molar-refractivity contribution is 0.589. The van der Waals surface area contributed by atoms with Crippen molar-refractivity contribution in [3.05, 3.63) is 35.1 Å². The van der Waals surface area contributed by atoms with Crippen molar-refractivity contribution in [3.63, 3.8) is 0 Å². The third-order valence-corrected chi connectivity index (χ3v) is 3.16. The normalized spacial score (nSPS) is 11.9. The monoisotopic (exact) mass is 246 g/mol. The van der Waals surface area contributed by atoms with Gasteiger partial charge in [0.2, 0.25) is 0 Å². The van der Waals surface area contributed by atoms with E-state index < -0.39 is 0 Å². The van der Waals surface area contributed by atoms with Gasteiger partial charge >= 0.3 is 0 Å². The molecule has 0 aliphatic rings. The molecule has 2 aromatic rings. The summed E-state index contributed by atoms with van der Waals surface area (Å²) in [6.07, 6.45) is 0. The molecule has 0 radical (unpaired) electrons. The summed E-state index contributed by atoms with van der Waals surface area (Å²) >= 11 is 0. The molecule has 96 valence electrons. The summed E-state index contributed by atoms with van der Waals surface area (Å²) in [7, 11) is 1.82. The quantitative estimate of drug-likeness (QED) is 0.822. The zero-order valence-electron chi connectivity index (χ0n) is 11.6. The minimum atomic E-state index is -0.232. The molecule has 1 aromatic heterocycles. The van der Waals surface area contributed by atoms with Crippen molar-refractivity contribution in [1.29, 1.82) is 0 Å². The molecule has 0 fully saturated rings. The molecule has 0 spiro atoms. The fourth-order valence-corrected chi connectivity index (χ4v) is 2.07. The molecule has 2 rings (SSSR count). The molecule has 1 N–H and O–H groups in total. The fraction of sp³-hybridized carbons (Fsp3) is 0.400. The molecule has 2 nitrogen and oxygen atoms in total. The van der Waals surface area contributed by atoms with Crippen LogP contribution in [0.5, 0.6) is 0 Å². The van der Waals surface area contributed by atoms with E-state index in [-0.39, 0.29) is 11.2 Å². The maximum atomic E-state index is 14.1. The summed E-state index contributed by atoms with van der Waals surface area (Å²) < 4.78 is 14.1. The third kappa shape index (κ3) is 2.05. The van der Waals surface area contributed by atoms with Gasteiger partial charge in [0.25, 0.3) is 0 Å². The molecular formula is C15H19FN2. The number of fused-ring (bicyclic) bond motifs is 1. The fourth-order valence-electron chi connectivity index (χ4n) is 2.07. The molecule has 0 bridgehead atoms. The van der Waals surface area contributed by atoms with Crippen LogP contribution in [0.1, 0.15) is 31.9 Å². The summed E-state index contributed by atoms with van der Waals surface area (Å²) in [5.41, 5.74) is 2.13. The van der Waals surface area contributed by atoms with Crippen LogP contribution in [-0.4, -0.2) is 12.0 Å². The van der Waals surface area contributed by atoms with Crippen molar-refractivity contribution in [1.82, 2.24) is 4.98 Å². The first kappa shape index (κ1) is 12.8. The Balaban J connectivity index is 2.81. The molecule has 0 atom stereocenters. The van der Waals surface area contributed by atoms with Gasteiger partial charge in [-0.05, 0) is 24.0 Å². The third-order valence-electron chi connectivity index (χ3n) is 3.16. The highest BCUT2D eigenvalue weighted by Crippen LogP contribution is 2.32. The second-order valence-corrected chi connectivity index (χ2v) is 5.65. The number of benzene rings is 1. The van der Waals surface area contributed by atoms with Gasteiger partial charge in [-0.3, -0.25) is 0 Å². The molecule has 18 heavy (non-hydrogen) atoms. The first-order chi connectivity index (χ1) is 8.34. The molecule has 1 heterocycles. The summed E-state index contributed by atoms with van der Waals surface area (Å²) in [6, 6.07) is 5.75. The number of anilines is 1. The van der Waals surface area contributed by atoms with E-state index in [4.69, 9.17) is 0 Å².